The fraction of sp³-hybridized carbons (Fsp3) is 0.174. The highest BCUT2D eigenvalue weighted by atomic mass is 19.1. The molecule has 148 valence electrons. The fourth-order valence-corrected chi connectivity index (χ4v) is 2.68. The Labute approximate surface area is 169 Å². The Bertz CT molecular complexity index is 1020. The van der Waals surface area contributed by atoms with E-state index in [1.165, 1.54) is 42.6 Å². The first-order valence-corrected chi connectivity index (χ1v) is 9.17. The number of carbonyl (C=O) groups is 2. The maximum atomic E-state index is 13.0. The molecule has 0 saturated heterocycles. The van der Waals surface area contributed by atoms with E-state index in [1.807, 2.05) is 24.3 Å². The van der Waals surface area contributed by atoms with Gasteiger partial charge in [0, 0.05) is 23.1 Å². The molecule has 0 spiro atoms. The van der Waals surface area contributed by atoms with E-state index in [2.05, 4.69) is 36.4 Å². The van der Waals surface area contributed by atoms with Crippen molar-refractivity contribution in [2.24, 2.45) is 0 Å². The molecule has 2 N–H and O–H groups in total. The smallest absolute Gasteiger partial charge is 0.274 e. The summed E-state index contributed by atoms with van der Waals surface area (Å²) in [4.78, 5) is 29.0. The zero-order valence-corrected chi connectivity index (χ0v) is 16.5. The fourth-order valence-electron chi connectivity index (χ4n) is 2.68. The monoisotopic (exact) mass is 391 g/mol. The molecule has 3 rings (SSSR count). The minimum Gasteiger partial charge on any atom is -0.322 e. The number of carbonyl (C=O) groups excluding carboxylic acids is 2. The Morgan fingerprint density at radius 1 is 0.828 bits per heavy atom. The molecule has 0 aliphatic rings. The number of benzene rings is 2. The number of hydrogen-bond acceptors (Lipinski definition) is 3. The number of halogens is 1. The molecular weight excluding hydrogens is 369 g/mol. The number of amides is 2. The van der Waals surface area contributed by atoms with E-state index < -0.39 is 11.8 Å². The molecule has 5 nitrogen and oxygen atoms in total. The second kappa shape index (κ2) is 8.22. The molecule has 0 saturated carbocycles. The molecule has 3 aromatic rings. The Morgan fingerprint density at radius 2 is 1.38 bits per heavy atom. The lowest BCUT2D eigenvalue weighted by atomic mass is 9.87. The van der Waals surface area contributed by atoms with Gasteiger partial charge in [-0.15, -0.1) is 0 Å². The summed E-state index contributed by atoms with van der Waals surface area (Å²) in [6, 6.07) is 16.0. The number of nitrogens with zero attached hydrogens (tertiary/aromatic N) is 1. The minimum absolute atomic E-state index is 0.0241. The summed E-state index contributed by atoms with van der Waals surface area (Å²) >= 11 is 0. The molecule has 29 heavy (non-hydrogen) atoms. The maximum Gasteiger partial charge on any atom is 0.274 e. The second-order valence-corrected chi connectivity index (χ2v) is 7.67. The normalized spacial score (nSPS) is 11.0. The summed E-state index contributed by atoms with van der Waals surface area (Å²) in [5.74, 6) is -1.21. The maximum absolute atomic E-state index is 13.0. The van der Waals surface area contributed by atoms with Crippen molar-refractivity contribution >= 4 is 23.2 Å². The van der Waals surface area contributed by atoms with Crippen LogP contribution in [0.5, 0.6) is 0 Å². The van der Waals surface area contributed by atoms with Gasteiger partial charge in [0.05, 0.1) is 0 Å². The number of pyridine rings is 1. The van der Waals surface area contributed by atoms with Crippen LogP contribution < -0.4 is 10.6 Å². The van der Waals surface area contributed by atoms with Crippen molar-refractivity contribution in [2.45, 2.75) is 26.2 Å². The van der Waals surface area contributed by atoms with Gasteiger partial charge in [-0.25, -0.2) is 4.39 Å². The van der Waals surface area contributed by atoms with Gasteiger partial charge in [-0.2, -0.15) is 0 Å². The molecule has 6 heteroatoms. The van der Waals surface area contributed by atoms with E-state index in [9.17, 15) is 14.0 Å². The Hall–Kier alpha value is -3.54. The van der Waals surface area contributed by atoms with Crippen LogP contribution in [0.4, 0.5) is 15.8 Å². The molecule has 0 aliphatic carbocycles. The molecule has 1 heterocycles. The summed E-state index contributed by atoms with van der Waals surface area (Å²) < 4.78 is 13.0. The van der Waals surface area contributed by atoms with Gasteiger partial charge in [-0.1, -0.05) is 32.9 Å². The lowest BCUT2D eigenvalue weighted by molar-refractivity contribution is 0.102. The first-order valence-electron chi connectivity index (χ1n) is 9.17. The van der Waals surface area contributed by atoms with E-state index in [-0.39, 0.29) is 22.5 Å². The standard InChI is InChI=1S/C23H22FN3O2/c1-23(2,3)16-4-8-18(9-5-16)27-22(29)20-14-15(12-13-25-20)21(28)26-19-10-6-17(24)7-11-19/h4-14H,1-3H3,(H,26,28)(H,27,29). The molecule has 0 unspecified atom stereocenters. The predicted octanol–water partition coefficient (Wildman–Crippen LogP) is 5.02. The number of aromatic nitrogens is 1. The van der Waals surface area contributed by atoms with Crippen molar-refractivity contribution in [3.8, 4) is 0 Å². The zero-order chi connectivity index (χ0) is 21.0. The molecule has 0 aliphatic heterocycles. The largest absolute Gasteiger partial charge is 0.322 e. The molecule has 0 bridgehead atoms. The average molecular weight is 391 g/mol. The highest BCUT2D eigenvalue weighted by Crippen LogP contribution is 2.23. The van der Waals surface area contributed by atoms with E-state index in [4.69, 9.17) is 0 Å². The van der Waals surface area contributed by atoms with Crippen LogP contribution in [0.2, 0.25) is 0 Å². The average Bonchev–Trinajstić information content (AvgIpc) is 2.69. The Kier molecular flexibility index (Phi) is 5.73. The number of anilines is 2. The van der Waals surface area contributed by atoms with Crippen LogP contribution in [0, 0.1) is 5.82 Å². The highest BCUT2D eigenvalue weighted by Gasteiger charge is 2.15. The van der Waals surface area contributed by atoms with E-state index >= 15 is 0 Å². The lowest BCUT2D eigenvalue weighted by Gasteiger charge is -2.19. The van der Waals surface area contributed by atoms with Crippen LogP contribution in [0.1, 0.15) is 47.2 Å². The van der Waals surface area contributed by atoms with Crippen molar-refractivity contribution in [2.75, 3.05) is 10.6 Å². The summed E-state index contributed by atoms with van der Waals surface area (Å²) in [6.45, 7) is 6.35. The quantitative estimate of drug-likeness (QED) is 0.656. The Morgan fingerprint density at radius 3 is 1.97 bits per heavy atom. The lowest BCUT2D eigenvalue weighted by Crippen LogP contribution is -2.17. The van der Waals surface area contributed by atoms with Crippen molar-refractivity contribution in [1.29, 1.82) is 0 Å². The third-order valence-corrected chi connectivity index (χ3v) is 4.37. The van der Waals surface area contributed by atoms with Gasteiger partial charge in [-0.3, -0.25) is 14.6 Å². The first-order chi connectivity index (χ1) is 13.7. The van der Waals surface area contributed by atoms with Gasteiger partial charge in [0.1, 0.15) is 11.5 Å². The first kappa shape index (κ1) is 20.2. The second-order valence-electron chi connectivity index (χ2n) is 7.67. The molecule has 0 fully saturated rings. The van der Waals surface area contributed by atoms with Crippen LogP contribution in [0.25, 0.3) is 0 Å². The molecule has 0 atom stereocenters. The van der Waals surface area contributed by atoms with Crippen molar-refractivity contribution in [3.63, 3.8) is 0 Å². The van der Waals surface area contributed by atoms with Crippen molar-refractivity contribution in [3.05, 3.63) is 89.5 Å². The third kappa shape index (κ3) is 5.25. The Balaban J connectivity index is 1.70. The summed E-state index contributed by atoms with van der Waals surface area (Å²) in [6.07, 6.45) is 1.40. The van der Waals surface area contributed by atoms with E-state index in [0.29, 0.717) is 11.4 Å². The number of rotatable bonds is 4. The van der Waals surface area contributed by atoms with Gasteiger partial charge >= 0.3 is 0 Å². The van der Waals surface area contributed by atoms with Gasteiger partial charge in [-0.05, 0) is 59.5 Å². The van der Waals surface area contributed by atoms with Crippen LogP contribution in [-0.4, -0.2) is 16.8 Å². The molecule has 2 aromatic carbocycles. The van der Waals surface area contributed by atoms with Gasteiger partial charge in [0.2, 0.25) is 0 Å². The summed E-state index contributed by atoms with van der Waals surface area (Å²) in [5.41, 5.74) is 2.68. The van der Waals surface area contributed by atoms with Gasteiger partial charge < -0.3 is 10.6 Å². The van der Waals surface area contributed by atoms with Crippen LogP contribution in [-0.2, 0) is 5.41 Å². The third-order valence-electron chi connectivity index (χ3n) is 4.37. The molecular formula is C23H22FN3O2. The van der Waals surface area contributed by atoms with Gasteiger partial charge in [0.15, 0.2) is 0 Å². The van der Waals surface area contributed by atoms with E-state index in [1.54, 1.807) is 0 Å². The molecule has 0 radical (unpaired) electrons. The minimum atomic E-state index is -0.414. The van der Waals surface area contributed by atoms with Gasteiger partial charge in [0.25, 0.3) is 11.8 Å². The SMILES string of the molecule is CC(C)(C)c1ccc(NC(=O)c2cc(C(=O)Nc3ccc(F)cc3)ccn2)cc1. The highest BCUT2D eigenvalue weighted by molar-refractivity contribution is 6.07. The van der Waals surface area contributed by atoms with Crippen LogP contribution in [0.15, 0.2) is 66.9 Å². The van der Waals surface area contributed by atoms with Crippen molar-refractivity contribution < 1.29 is 14.0 Å². The van der Waals surface area contributed by atoms with Crippen LogP contribution >= 0.6 is 0 Å². The number of nitrogens with one attached hydrogen (secondary N) is 2. The predicted molar refractivity (Wildman–Crippen MR) is 112 cm³/mol. The number of hydrogen-bond donors (Lipinski definition) is 2. The zero-order valence-electron chi connectivity index (χ0n) is 16.5. The van der Waals surface area contributed by atoms with Crippen LogP contribution in [0.3, 0.4) is 0 Å². The summed E-state index contributed by atoms with van der Waals surface area (Å²) in [5, 5.41) is 5.44. The summed E-state index contributed by atoms with van der Waals surface area (Å²) in [7, 11) is 0. The van der Waals surface area contributed by atoms with Crippen molar-refractivity contribution in [1.82, 2.24) is 4.98 Å². The molecule has 1 aromatic heterocycles. The van der Waals surface area contributed by atoms with E-state index in [0.717, 1.165) is 5.56 Å². The topological polar surface area (TPSA) is 71.1 Å². The molecule has 2 amide bonds.